The SMILES string of the molecule is CNCC(=O)Nc1ccc(C(=O)NC)cc1.Cl. The number of carbonyl (C=O) groups excluding carboxylic acids is 2. The van der Waals surface area contributed by atoms with Gasteiger partial charge in [0.05, 0.1) is 6.54 Å². The molecule has 1 aromatic rings. The Bertz CT molecular complexity index is 379. The standard InChI is InChI=1S/C11H15N3O2.ClH/c1-12-7-10(15)14-9-5-3-8(4-6-9)11(16)13-2;/h3-6,12H,7H2,1-2H3,(H,13,16)(H,14,15);1H. The largest absolute Gasteiger partial charge is 0.355 e. The van der Waals surface area contributed by atoms with E-state index in [0.29, 0.717) is 11.3 Å². The summed E-state index contributed by atoms with van der Waals surface area (Å²) in [7, 11) is 3.28. The summed E-state index contributed by atoms with van der Waals surface area (Å²) in [6, 6.07) is 6.71. The van der Waals surface area contributed by atoms with Crippen molar-refractivity contribution in [3.63, 3.8) is 0 Å². The molecule has 0 heterocycles. The zero-order valence-corrected chi connectivity index (χ0v) is 10.6. The number of likely N-dealkylation sites (N-methyl/N-ethyl adjacent to an activating group) is 1. The van der Waals surface area contributed by atoms with Crippen molar-refractivity contribution in [1.82, 2.24) is 10.6 Å². The summed E-state index contributed by atoms with van der Waals surface area (Å²) < 4.78 is 0. The van der Waals surface area contributed by atoms with Crippen LogP contribution < -0.4 is 16.0 Å². The van der Waals surface area contributed by atoms with E-state index in [4.69, 9.17) is 0 Å². The molecule has 0 aliphatic rings. The van der Waals surface area contributed by atoms with Crippen LogP contribution in [0.5, 0.6) is 0 Å². The van der Waals surface area contributed by atoms with Crippen molar-refractivity contribution in [3.05, 3.63) is 29.8 Å². The summed E-state index contributed by atoms with van der Waals surface area (Å²) in [6.45, 7) is 0.261. The molecule has 0 bridgehead atoms. The first kappa shape index (κ1) is 15.4. The summed E-state index contributed by atoms with van der Waals surface area (Å²) >= 11 is 0. The first-order valence-electron chi connectivity index (χ1n) is 4.94. The van der Waals surface area contributed by atoms with Crippen LogP contribution in [0.2, 0.25) is 0 Å². The third kappa shape index (κ3) is 4.84. The van der Waals surface area contributed by atoms with Gasteiger partial charge in [-0.25, -0.2) is 0 Å². The highest BCUT2D eigenvalue weighted by molar-refractivity contribution is 5.96. The van der Waals surface area contributed by atoms with Crippen molar-refractivity contribution >= 4 is 29.9 Å². The van der Waals surface area contributed by atoms with E-state index in [9.17, 15) is 9.59 Å². The third-order valence-electron chi connectivity index (χ3n) is 2.00. The number of amides is 2. The summed E-state index contributed by atoms with van der Waals surface area (Å²) in [5.41, 5.74) is 1.24. The predicted octanol–water partition coefficient (Wildman–Crippen LogP) is 0.626. The summed E-state index contributed by atoms with van der Waals surface area (Å²) in [5.74, 6) is -0.261. The molecule has 0 spiro atoms. The van der Waals surface area contributed by atoms with Crippen LogP contribution in [0.1, 0.15) is 10.4 Å². The van der Waals surface area contributed by atoms with Crippen molar-refractivity contribution < 1.29 is 9.59 Å². The molecule has 0 saturated heterocycles. The lowest BCUT2D eigenvalue weighted by molar-refractivity contribution is -0.115. The second-order valence-corrected chi connectivity index (χ2v) is 3.23. The number of halogens is 1. The fourth-order valence-corrected chi connectivity index (χ4v) is 1.22. The zero-order chi connectivity index (χ0) is 12.0. The number of carbonyl (C=O) groups is 2. The number of benzene rings is 1. The van der Waals surface area contributed by atoms with Gasteiger partial charge in [-0.15, -0.1) is 12.4 Å². The van der Waals surface area contributed by atoms with E-state index in [-0.39, 0.29) is 30.8 Å². The van der Waals surface area contributed by atoms with Gasteiger partial charge >= 0.3 is 0 Å². The maximum Gasteiger partial charge on any atom is 0.251 e. The molecule has 0 aromatic heterocycles. The maximum absolute atomic E-state index is 11.2. The zero-order valence-electron chi connectivity index (χ0n) is 9.74. The van der Waals surface area contributed by atoms with E-state index in [2.05, 4.69) is 16.0 Å². The fraction of sp³-hybridized carbons (Fsp3) is 0.273. The van der Waals surface area contributed by atoms with Crippen LogP contribution in [-0.4, -0.2) is 32.5 Å². The van der Waals surface area contributed by atoms with Gasteiger partial charge in [0, 0.05) is 18.3 Å². The van der Waals surface area contributed by atoms with E-state index < -0.39 is 0 Å². The Morgan fingerprint density at radius 3 is 2.18 bits per heavy atom. The van der Waals surface area contributed by atoms with Gasteiger partial charge in [-0.2, -0.15) is 0 Å². The quantitative estimate of drug-likeness (QED) is 0.741. The van der Waals surface area contributed by atoms with E-state index in [1.807, 2.05) is 0 Å². The maximum atomic E-state index is 11.2. The minimum absolute atomic E-state index is 0. The number of rotatable bonds is 4. The molecule has 0 aliphatic carbocycles. The minimum atomic E-state index is -0.145. The lowest BCUT2D eigenvalue weighted by Crippen LogP contribution is -2.25. The predicted molar refractivity (Wildman–Crippen MR) is 69.6 cm³/mol. The van der Waals surface area contributed by atoms with Crippen LogP contribution in [0, 0.1) is 0 Å². The average Bonchev–Trinajstić information content (AvgIpc) is 2.29. The molecular formula is C11H16ClN3O2. The van der Waals surface area contributed by atoms with Crippen LogP contribution >= 0.6 is 12.4 Å². The Balaban J connectivity index is 0.00000256. The number of hydrogen-bond donors (Lipinski definition) is 3. The van der Waals surface area contributed by atoms with Crippen molar-refractivity contribution in [2.45, 2.75) is 0 Å². The fourth-order valence-electron chi connectivity index (χ4n) is 1.22. The molecular weight excluding hydrogens is 242 g/mol. The monoisotopic (exact) mass is 257 g/mol. The highest BCUT2D eigenvalue weighted by Gasteiger charge is 2.03. The summed E-state index contributed by atoms with van der Waals surface area (Å²) in [4.78, 5) is 22.5. The van der Waals surface area contributed by atoms with Crippen molar-refractivity contribution in [3.8, 4) is 0 Å². The van der Waals surface area contributed by atoms with Gasteiger partial charge < -0.3 is 16.0 Å². The van der Waals surface area contributed by atoms with Crippen molar-refractivity contribution in [2.75, 3.05) is 26.0 Å². The van der Waals surface area contributed by atoms with E-state index in [1.165, 1.54) is 0 Å². The van der Waals surface area contributed by atoms with Gasteiger partial charge in [-0.3, -0.25) is 9.59 Å². The van der Waals surface area contributed by atoms with Gasteiger partial charge in [-0.1, -0.05) is 0 Å². The van der Waals surface area contributed by atoms with E-state index in [1.54, 1.807) is 38.4 Å². The second kappa shape index (κ2) is 7.65. The molecule has 94 valence electrons. The molecule has 3 N–H and O–H groups in total. The lowest BCUT2D eigenvalue weighted by Gasteiger charge is -2.05. The molecule has 0 saturated carbocycles. The first-order valence-corrected chi connectivity index (χ1v) is 4.94. The molecule has 2 amide bonds. The second-order valence-electron chi connectivity index (χ2n) is 3.23. The minimum Gasteiger partial charge on any atom is -0.355 e. The Morgan fingerprint density at radius 1 is 1.12 bits per heavy atom. The molecule has 17 heavy (non-hydrogen) atoms. The Hall–Kier alpha value is -1.59. The van der Waals surface area contributed by atoms with Gasteiger partial charge in [0.15, 0.2) is 0 Å². The smallest absolute Gasteiger partial charge is 0.251 e. The summed E-state index contributed by atoms with van der Waals surface area (Å²) in [5, 5.41) is 7.97. The van der Waals surface area contributed by atoms with Gasteiger partial charge in [0.2, 0.25) is 5.91 Å². The molecule has 0 unspecified atom stereocenters. The van der Waals surface area contributed by atoms with Gasteiger partial charge in [-0.05, 0) is 31.3 Å². The van der Waals surface area contributed by atoms with Crippen LogP contribution in [0.4, 0.5) is 5.69 Å². The van der Waals surface area contributed by atoms with E-state index in [0.717, 1.165) is 0 Å². The molecule has 0 atom stereocenters. The topological polar surface area (TPSA) is 70.2 Å². The van der Waals surface area contributed by atoms with Crippen LogP contribution in [0.15, 0.2) is 24.3 Å². The molecule has 1 rings (SSSR count). The highest BCUT2D eigenvalue weighted by atomic mass is 35.5. The molecule has 1 aromatic carbocycles. The van der Waals surface area contributed by atoms with E-state index >= 15 is 0 Å². The van der Waals surface area contributed by atoms with Crippen molar-refractivity contribution in [1.29, 1.82) is 0 Å². The Kier molecular flexibility index (Phi) is 6.93. The van der Waals surface area contributed by atoms with Gasteiger partial charge in [0.25, 0.3) is 5.91 Å². The molecule has 5 nitrogen and oxygen atoms in total. The molecule has 0 fully saturated rings. The Labute approximate surface area is 106 Å². The number of nitrogens with one attached hydrogen (secondary N) is 3. The van der Waals surface area contributed by atoms with Crippen molar-refractivity contribution in [2.24, 2.45) is 0 Å². The Morgan fingerprint density at radius 2 is 1.71 bits per heavy atom. The lowest BCUT2D eigenvalue weighted by atomic mass is 10.2. The molecule has 0 aliphatic heterocycles. The number of anilines is 1. The summed E-state index contributed by atoms with van der Waals surface area (Å²) in [6.07, 6.45) is 0. The van der Waals surface area contributed by atoms with Crippen LogP contribution in [0.3, 0.4) is 0 Å². The first-order chi connectivity index (χ1) is 7.67. The van der Waals surface area contributed by atoms with Crippen LogP contribution in [0.25, 0.3) is 0 Å². The number of hydrogen-bond acceptors (Lipinski definition) is 3. The molecule has 6 heteroatoms. The van der Waals surface area contributed by atoms with Gasteiger partial charge in [0.1, 0.15) is 0 Å². The third-order valence-corrected chi connectivity index (χ3v) is 2.00. The molecule has 0 radical (unpaired) electrons. The normalized spacial score (nSPS) is 9.06. The highest BCUT2D eigenvalue weighted by Crippen LogP contribution is 2.09. The van der Waals surface area contributed by atoms with Crippen LogP contribution in [-0.2, 0) is 4.79 Å². The average molecular weight is 258 g/mol.